The number of benzene rings is 1. The average Bonchev–Trinajstić information content (AvgIpc) is 2.97. The highest BCUT2D eigenvalue weighted by molar-refractivity contribution is 5.83. The van der Waals surface area contributed by atoms with Crippen LogP contribution in [0.2, 0.25) is 0 Å². The van der Waals surface area contributed by atoms with E-state index < -0.39 is 23.7 Å². The number of hydrogen-bond acceptors (Lipinski definition) is 4. The Morgan fingerprint density at radius 1 is 1.20 bits per heavy atom. The number of rotatable bonds is 2. The number of esters is 1. The van der Waals surface area contributed by atoms with E-state index in [1.54, 1.807) is 27.7 Å². The molecule has 1 saturated heterocycles. The monoisotopic (exact) mass is 343 g/mol. The SMILES string of the molecule is CCOC(=O)[C@@H]1CC[C@@H](C#Cc2ccccc2)N1C(=O)OC(C)(C)C. The van der Waals surface area contributed by atoms with Gasteiger partial charge in [0.2, 0.25) is 0 Å². The molecule has 1 aliphatic rings. The summed E-state index contributed by atoms with van der Waals surface area (Å²) >= 11 is 0. The highest BCUT2D eigenvalue weighted by Crippen LogP contribution is 2.27. The van der Waals surface area contributed by atoms with Gasteiger partial charge < -0.3 is 9.47 Å². The predicted octanol–water partition coefficient (Wildman–Crippen LogP) is 3.37. The molecule has 0 unspecified atom stereocenters. The molecule has 2 atom stereocenters. The van der Waals surface area contributed by atoms with Crippen LogP contribution < -0.4 is 0 Å². The van der Waals surface area contributed by atoms with Crippen LogP contribution in [0, 0.1) is 11.8 Å². The molecular formula is C20H25NO4. The molecule has 0 saturated carbocycles. The van der Waals surface area contributed by atoms with E-state index in [0.29, 0.717) is 12.8 Å². The Hall–Kier alpha value is -2.48. The minimum Gasteiger partial charge on any atom is -0.464 e. The molecule has 1 aromatic carbocycles. The molecule has 1 heterocycles. The van der Waals surface area contributed by atoms with Gasteiger partial charge in [-0.1, -0.05) is 30.0 Å². The second kappa shape index (κ2) is 8.06. The van der Waals surface area contributed by atoms with Crippen molar-refractivity contribution in [3.8, 4) is 11.8 Å². The van der Waals surface area contributed by atoms with Gasteiger partial charge in [0, 0.05) is 5.56 Å². The van der Waals surface area contributed by atoms with Gasteiger partial charge in [-0.25, -0.2) is 9.59 Å². The first-order chi connectivity index (χ1) is 11.8. The van der Waals surface area contributed by atoms with E-state index in [-0.39, 0.29) is 12.6 Å². The molecule has 0 aromatic heterocycles. The van der Waals surface area contributed by atoms with Crippen molar-refractivity contribution < 1.29 is 19.1 Å². The van der Waals surface area contributed by atoms with Gasteiger partial charge in [0.05, 0.1) is 12.6 Å². The van der Waals surface area contributed by atoms with Crippen molar-refractivity contribution in [1.29, 1.82) is 0 Å². The van der Waals surface area contributed by atoms with Gasteiger partial charge in [-0.15, -0.1) is 0 Å². The third-order valence-electron chi connectivity index (χ3n) is 3.70. The van der Waals surface area contributed by atoms with Crippen LogP contribution in [0.3, 0.4) is 0 Å². The van der Waals surface area contributed by atoms with Gasteiger partial charge in [0.25, 0.3) is 0 Å². The van der Waals surface area contributed by atoms with E-state index in [0.717, 1.165) is 5.56 Å². The van der Waals surface area contributed by atoms with Gasteiger partial charge in [-0.3, -0.25) is 4.90 Å². The van der Waals surface area contributed by atoms with Crippen LogP contribution >= 0.6 is 0 Å². The Kier molecular flexibility index (Phi) is 6.08. The fraction of sp³-hybridized carbons (Fsp3) is 0.500. The molecule has 0 N–H and O–H groups in total. The zero-order chi connectivity index (χ0) is 18.4. The van der Waals surface area contributed by atoms with E-state index in [1.807, 2.05) is 30.3 Å². The Morgan fingerprint density at radius 3 is 2.48 bits per heavy atom. The van der Waals surface area contributed by atoms with Crippen LogP contribution in [-0.2, 0) is 14.3 Å². The van der Waals surface area contributed by atoms with E-state index in [1.165, 1.54) is 4.90 Å². The molecule has 1 amide bonds. The van der Waals surface area contributed by atoms with Gasteiger partial charge in [-0.05, 0) is 52.7 Å². The van der Waals surface area contributed by atoms with Crippen molar-refractivity contribution in [1.82, 2.24) is 4.90 Å². The number of carbonyl (C=O) groups is 2. The van der Waals surface area contributed by atoms with Crippen LogP contribution in [0.15, 0.2) is 30.3 Å². The molecule has 5 nitrogen and oxygen atoms in total. The first kappa shape index (κ1) is 18.9. The number of nitrogens with zero attached hydrogens (tertiary/aromatic N) is 1. The minimum absolute atomic E-state index is 0.276. The summed E-state index contributed by atoms with van der Waals surface area (Å²) < 4.78 is 10.6. The molecule has 25 heavy (non-hydrogen) atoms. The molecule has 0 bridgehead atoms. The van der Waals surface area contributed by atoms with Crippen LogP contribution in [0.5, 0.6) is 0 Å². The maximum atomic E-state index is 12.6. The fourth-order valence-corrected chi connectivity index (χ4v) is 2.68. The lowest BCUT2D eigenvalue weighted by atomic mass is 10.1. The second-order valence-electron chi connectivity index (χ2n) is 6.88. The number of likely N-dealkylation sites (tertiary alicyclic amines) is 1. The van der Waals surface area contributed by atoms with Crippen molar-refractivity contribution in [2.24, 2.45) is 0 Å². The number of ether oxygens (including phenoxy) is 2. The third kappa shape index (κ3) is 5.25. The molecule has 1 aromatic rings. The Balaban J connectivity index is 2.24. The van der Waals surface area contributed by atoms with Crippen LogP contribution in [-0.4, -0.2) is 41.3 Å². The highest BCUT2D eigenvalue weighted by Gasteiger charge is 2.43. The van der Waals surface area contributed by atoms with E-state index in [2.05, 4.69) is 11.8 Å². The van der Waals surface area contributed by atoms with Crippen molar-refractivity contribution in [2.75, 3.05) is 6.61 Å². The van der Waals surface area contributed by atoms with E-state index in [9.17, 15) is 9.59 Å². The second-order valence-corrected chi connectivity index (χ2v) is 6.88. The van der Waals surface area contributed by atoms with Crippen LogP contribution in [0.25, 0.3) is 0 Å². The number of carbonyl (C=O) groups excluding carboxylic acids is 2. The van der Waals surface area contributed by atoms with Crippen molar-refractivity contribution in [3.63, 3.8) is 0 Å². The molecule has 0 radical (unpaired) electrons. The van der Waals surface area contributed by atoms with E-state index >= 15 is 0 Å². The molecule has 1 aliphatic heterocycles. The van der Waals surface area contributed by atoms with Crippen LogP contribution in [0.1, 0.15) is 46.1 Å². The average molecular weight is 343 g/mol. The third-order valence-corrected chi connectivity index (χ3v) is 3.70. The largest absolute Gasteiger partial charge is 0.464 e. The van der Waals surface area contributed by atoms with Crippen molar-refractivity contribution >= 4 is 12.1 Å². The molecular weight excluding hydrogens is 318 g/mol. The summed E-state index contributed by atoms with van der Waals surface area (Å²) in [6, 6.07) is 8.53. The number of hydrogen-bond donors (Lipinski definition) is 0. The van der Waals surface area contributed by atoms with Crippen molar-refractivity contribution in [3.05, 3.63) is 35.9 Å². The summed E-state index contributed by atoms with van der Waals surface area (Å²) in [5, 5.41) is 0. The Bertz CT molecular complexity index is 666. The summed E-state index contributed by atoms with van der Waals surface area (Å²) in [5.41, 5.74) is 0.224. The molecule has 1 fully saturated rings. The summed E-state index contributed by atoms with van der Waals surface area (Å²) in [4.78, 5) is 26.3. The molecule has 2 rings (SSSR count). The number of amides is 1. The maximum Gasteiger partial charge on any atom is 0.412 e. The topological polar surface area (TPSA) is 55.8 Å². The zero-order valence-corrected chi connectivity index (χ0v) is 15.2. The molecule has 134 valence electrons. The Labute approximate surface area is 149 Å². The van der Waals surface area contributed by atoms with Gasteiger partial charge in [0.1, 0.15) is 11.6 Å². The molecule has 0 spiro atoms. The van der Waals surface area contributed by atoms with Crippen molar-refractivity contribution in [2.45, 2.75) is 58.2 Å². The summed E-state index contributed by atoms with van der Waals surface area (Å²) in [6.07, 6.45) is 0.602. The van der Waals surface area contributed by atoms with Gasteiger partial charge >= 0.3 is 12.1 Å². The first-order valence-electron chi connectivity index (χ1n) is 8.56. The highest BCUT2D eigenvalue weighted by atomic mass is 16.6. The van der Waals surface area contributed by atoms with Crippen LogP contribution in [0.4, 0.5) is 4.79 Å². The lowest BCUT2D eigenvalue weighted by molar-refractivity contribution is -0.148. The minimum atomic E-state index is -0.648. The van der Waals surface area contributed by atoms with E-state index in [4.69, 9.17) is 9.47 Å². The lowest BCUT2D eigenvalue weighted by Gasteiger charge is -2.29. The first-order valence-corrected chi connectivity index (χ1v) is 8.56. The molecule has 5 heteroatoms. The standard InChI is InChI=1S/C20H25NO4/c1-5-24-18(22)17-14-13-16(12-11-15-9-7-6-8-10-15)21(17)19(23)25-20(2,3)4/h6-10,16-17H,5,13-14H2,1-4H3/t16-,17+/m1/s1. The summed E-state index contributed by atoms with van der Waals surface area (Å²) in [5.74, 6) is 5.78. The summed E-state index contributed by atoms with van der Waals surface area (Å²) in [6.45, 7) is 7.41. The summed E-state index contributed by atoms with van der Waals surface area (Å²) in [7, 11) is 0. The lowest BCUT2D eigenvalue weighted by Crippen LogP contribution is -2.47. The van der Waals surface area contributed by atoms with Gasteiger partial charge in [0.15, 0.2) is 0 Å². The fourth-order valence-electron chi connectivity index (χ4n) is 2.68. The zero-order valence-electron chi connectivity index (χ0n) is 15.2. The predicted molar refractivity (Wildman–Crippen MR) is 94.8 cm³/mol. The Morgan fingerprint density at radius 2 is 1.88 bits per heavy atom. The smallest absolute Gasteiger partial charge is 0.412 e. The normalized spacial score (nSPS) is 19.8. The molecule has 0 aliphatic carbocycles. The maximum absolute atomic E-state index is 12.6. The van der Waals surface area contributed by atoms with Gasteiger partial charge in [-0.2, -0.15) is 0 Å². The quantitative estimate of drug-likeness (QED) is 0.610.